The number of rotatable bonds is 7. The van der Waals surface area contributed by atoms with Crippen LogP contribution >= 0.6 is 0 Å². The first-order chi connectivity index (χ1) is 17.2. The van der Waals surface area contributed by atoms with Gasteiger partial charge in [-0.2, -0.15) is 5.10 Å². The normalized spacial score (nSPS) is 13.5. The van der Waals surface area contributed by atoms with Gasteiger partial charge in [-0.05, 0) is 42.5 Å². The number of fused-ring (bicyclic) bond motifs is 1. The zero-order chi connectivity index (χ0) is 24.2. The molecule has 0 amide bonds. The molecule has 0 unspecified atom stereocenters. The third-order valence-corrected chi connectivity index (χ3v) is 6.12. The monoisotopic (exact) mass is 472 g/mol. The van der Waals surface area contributed by atoms with Gasteiger partial charge in [0.05, 0.1) is 38.9 Å². The van der Waals surface area contributed by atoms with Gasteiger partial charge in [0.15, 0.2) is 11.5 Å². The van der Waals surface area contributed by atoms with E-state index in [0.717, 1.165) is 58.2 Å². The van der Waals surface area contributed by atoms with Crippen LogP contribution in [-0.2, 0) is 13.1 Å². The van der Waals surface area contributed by atoms with Gasteiger partial charge in [-0.3, -0.25) is 10.00 Å². The van der Waals surface area contributed by atoms with Crippen LogP contribution in [0.2, 0.25) is 0 Å². The molecule has 5 rings (SSSR count). The zero-order valence-electron chi connectivity index (χ0n) is 20.1. The average Bonchev–Trinajstić information content (AvgIpc) is 3.26. The van der Waals surface area contributed by atoms with Crippen molar-refractivity contribution < 1.29 is 18.9 Å². The number of pyridine rings is 1. The molecule has 8 heteroatoms. The van der Waals surface area contributed by atoms with E-state index in [4.69, 9.17) is 18.9 Å². The summed E-state index contributed by atoms with van der Waals surface area (Å²) >= 11 is 0. The lowest BCUT2D eigenvalue weighted by Crippen LogP contribution is -2.25. The summed E-state index contributed by atoms with van der Waals surface area (Å²) < 4.78 is 22.4. The van der Waals surface area contributed by atoms with E-state index in [-0.39, 0.29) is 0 Å². The Morgan fingerprint density at radius 3 is 2.60 bits per heavy atom. The van der Waals surface area contributed by atoms with E-state index in [1.54, 1.807) is 21.3 Å². The molecule has 0 atom stereocenters. The number of aromatic nitrogens is 3. The van der Waals surface area contributed by atoms with Gasteiger partial charge in [-0.1, -0.05) is 6.07 Å². The van der Waals surface area contributed by atoms with E-state index in [1.807, 2.05) is 54.7 Å². The van der Waals surface area contributed by atoms with E-state index in [0.29, 0.717) is 24.8 Å². The van der Waals surface area contributed by atoms with Crippen molar-refractivity contribution in [2.45, 2.75) is 13.1 Å². The fraction of sp³-hybridized carbons (Fsp3) is 0.259. The Morgan fingerprint density at radius 1 is 0.971 bits per heavy atom. The van der Waals surface area contributed by atoms with E-state index in [9.17, 15) is 0 Å². The molecule has 0 saturated heterocycles. The Kier molecular flexibility index (Phi) is 6.54. The number of methoxy groups -OCH3 is 3. The second-order valence-corrected chi connectivity index (χ2v) is 8.29. The van der Waals surface area contributed by atoms with Gasteiger partial charge >= 0.3 is 0 Å². The van der Waals surface area contributed by atoms with Gasteiger partial charge < -0.3 is 18.9 Å². The molecule has 4 aromatic rings. The molecule has 3 heterocycles. The van der Waals surface area contributed by atoms with Crippen LogP contribution in [-0.4, -0.2) is 54.6 Å². The number of nitrogens with zero attached hydrogens (tertiary/aromatic N) is 3. The Labute approximate surface area is 204 Å². The zero-order valence-corrected chi connectivity index (χ0v) is 20.1. The number of hydrogen-bond donors (Lipinski definition) is 1. The number of nitrogens with one attached hydrogen (secondary N) is 1. The summed E-state index contributed by atoms with van der Waals surface area (Å²) in [5, 5.41) is 7.47. The molecule has 35 heavy (non-hydrogen) atoms. The first kappa shape index (κ1) is 22.7. The molecule has 0 radical (unpaired) electrons. The van der Waals surface area contributed by atoms with Gasteiger partial charge in [0, 0.05) is 48.0 Å². The van der Waals surface area contributed by atoms with E-state index < -0.39 is 0 Å². The maximum Gasteiger partial charge on any atom is 0.213 e. The number of H-pyrrole nitrogens is 1. The molecule has 2 aromatic heterocycles. The van der Waals surface area contributed by atoms with Crippen LogP contribution in [0.25, 0.3) is 22.5 Å². The molecular weight excluding hydrogens is 444 g/mol. The average molecular weight is 473 g/mol. The second kappa shape index (κ2) is 10.1. The SMILES string of the molecule is COc1ccc(-c2[nH]ncc2CN2CCOc3c(cc(-c4cccc(OC)n4)cc3OC)C2)cc1. The van der Waals surface area contributed by atoms with Crippen LogP contribution in [0.5, 0.6) is 23.1 Å². The van der Waals surface area contributed by atoms with Gasteiger partial charge in [-0.25, -0.2) is 4.98 Å². The summed E-state index contributed by atoms with van der Waals surface area (Å²) in [7, 11) is 4.95. The third kappa shape index (κ3) is 4.79. The second-order valence-electron chi connectivity index (χ2n) is 8.29. The Hall–Kier alpha value is -4.04. The minimum atomic E-state index is 0.565. The van der Waals surface area contributed by atoms with Crippen LogP contribution in [0.15, 0.2) is 60.8 Å². The minimum Gasteiger partial charge on any atom is -0.497 e. The molecule has 0 saturated carbocycles. The lowest BCUT2D eigenvalue weighted by molar-refractivity contribution is 0.217. The Bertz CT molecular complexity index is 1300. The summed E-state index contributed by atoms with van der Waals surface area (Å²) in [6.07, 6.45) is 1.89. The largest absolute Gasteiger partial charge is 0.497 e. The maximum atomic E-state index is 6.15. The molecule has 1 aliphatic heterocycles. The molecule has 0 fully saturated rings. The standard InChI is InChI=1S/C27H28N4O4/c1-32-22-9-7-18(8-10-22)26-21(15-28-30-26)17-31-11-12-35-27-20(16-31)13-19(14-24(27)33-2)23-5-4-6-25(29-23)34-3/h4-10,13-15H,11-12,16-17H2,1-3H3,(H,28,30). The van der Waals surface area contributed by atoms with Gasteiger partial charge in [-0.15, -0.1) is 0 Å². The fourth-order valence-corrected chi connectivity index (χ4v) is 4.34. The van der Waals surface area contributed by atoms with Crippen molar-refractivity contribution in [2.24, 2.45) is 0 Å². The highest BCUT2D eigenvalue weighted by atomic mass is 16.5. The first-order valence-corrected chi connectivity index (χ1v) is 11.4. The summed E-state index contributed by atoms with van der Waals surface area (Å²) in [6.45, 7) is 2.77. The quantitative estimate of drug-likeness (QED) is 0.422. The topological polar surface area (TPSA) is 81.7 Å². The van der Waals surface area contributed by atoms with Crippen molar-refractivity contribution in [2.75, 3.05) is 34.5 Å². The molecule has 0 bridgehead atoms. The Balaban J connectivity index is 1.43. The number of ether oxygens (including phenoxy) is 4. The molecule has 180 valence electrons. The molecule has 8 nitrogen and oxygen atoms in total. The lowest BCUT2D eigenvalue weighted by Gasteiger charge is -2.20. The predicted octanol–water partition coefficient (Wildman–Crippen LogP) is 4.56. The summed E-state index contributed by atoms with van der Waals surface area (Å²) in [6, 6.07) is 17.8. The number of hydrogen-bond acceptors (Lipinski definition) is 7. The van der Waals surface area contributed by atoms with Gasteiger partial charge in [0.25, 0.3) is 0 Å². The molecular formula is C27H28N4O4. The van der Waals surface area contributed by atoms with E-state index in [1.165, 1.54) is 0 Å². The van der Waals surface area contributed by atoms with Crippen molar-refractivity contribution in [3.8, 4) is 45.6 Å². The fourth-order valence-electron chi connectivity index (χ4n) is 4.34. The molecule has 1 N–H and O–H groups in total. The van der Waals surface area contributed by atoms with Gasteiger partial charge in [0.2, 0.25) is 5.88 Å². The van der Waals surface area contributed by atoms with Crippen LogP contribution in [0.1, 0.15) is 11.1 Å². The maximum absolute atomic E-state index is 6.15. The summed E-state index contributed by atoms with van der Waals surface area (Å²) in [4.78, 5) is 6.95. The molecule has 0 spiro atoms. The highest BCUT2D eigenvalue weighted by molar-refractivity contribution is 5.67. The minimum absolute atomic E-state index is 0.565. The third-order valence-electron chi connectivity index (χ3n) is 6.12. The molecule has 1 aliphatic rings. The highest BCUT2D eigenvalue weighted by Crippen LogP contribution is 2.38. The van der Waals surface area contributed by atoms with Gasteiger partial charge in [0.1, 0.15) is 12.4 Å². The van der Waals surface area contributed by atoms with Crippen molar-refractivity contribution >= 4 is 0 Å². The van der Waals surface area contributed by atoms with Crippen molar-refractivity contribution in [1.82, 2.24) is 20.1 Å². The summed E-state index contributed by atoms with van der Waals surface area (Å²) in [5.41, 5.74) is 6.01. The van der Waals surface area contributed by atoms with Crippen LogP contribution in [0, 0.1) is 0 Å². The van der Waals surface area contributed by atoms with Crippen LogP contribution in [0.4, 0.5) is 0 Å². The predicted molar refractivity (Wildman–Crippen MR) is 133 cm³/mol. The van der Waals surface area contributed by atoms with Crippen molar-refractivity contribution in [3.05, 3.63) is 71.9 Å². The summed E-state index contributed by atoms with van der Waals surface area (Å²) in [5.74, 6) is 2.88. The molecule has 0 aliphatic carbocycles. The van der Waals surface area contributed by atoms with E-state index >= 15 is 0 Å². The smallest absolute Gasteiger partial charge is 0.213 e. The number of aromatic amines is 1. The first-order valence-electron chi connectivity index (χ1n) is 11.4. The van der Waals surface area contributed by atoms with Crippen LogP contribution in [0.3, 0.4) is 0 Å². The number of benzene rings is 2. The van der Waals surface area contributed by atoms with E-state index in [2.05, 4.69) is 26.1 Å². The molecule has 2 aromatic carbocycles. The highest BCUT2D eigenvalue weighted by Gasteiger charge is 2.22. The van der Waals surface area contributed by atoms with Crippen molar-refractivity contribution in [1.29, 1.82) is 0 Å². The van der Waals surface area contributed by atoms with Crippen molar-refractivity contribution in [3.63, 3.8) is 0 Å². The Morgan fingerprint density at radius 2 is 1.83 bits per heavy atom. The van der Waals surface area contributed by atoms with Crippen LogP contribution < -0.4 is 18.9 Å². The lowest BCUT2D eigenvalue weighted by atomic mass is 10.0.